The lowest BCUT2D eigenvalue weighted by atomic mass is 10.1. The van der Waals surface area contributed by atoms with E-state index < -0.39 is 5.97 Å². The van der Waals surface area contributed by atoms with Crippen molar-refractivity contribution in [3.8, 4) is 0 Å². The lowest BCUT2D eigenvalue weighted by Gasteiger charge is -2.07. The summed E-state index contributed by atoms with van der Waals surface area (Å²) in [5.74, 6) is -0.556. The van der Waals surface area contributed by atoms with Gasteiger partial charge in [0.15, 0.2) is 0 Å². The van der Waals surface area contributed by atoms with Crippen LogP contribution >= 0.6 is 0 Å². The van der Waals surface area contributed by atoms with Crippen LogP contribution in [0.4, 0.5) is 0 Å². The maximum Gasteiger partial charge on any atom is 0.303 e. The summed E-state index contributed by atoms with van der Waals surface area (Å²) in [4.78, 5) is 19.9. The van der Waals surface area contributed by atoms with Gasteiger partial charge in [0.2, 0.25) is 6.41 Å². The van der Waals surface area contributed by atoms with E-state index in [1.807, 2.05) is 6.92 Å². The third kappa shape index (κ3) is 6.83. The van der Waals surface area contributed by atoms with E-state index in [-0.39, 0.29) is 12.3 Å². The molecular formula is C7H13NO3. The van der Waals surface area contributed by atoms with Gasteiger partial charge in [0, 0.05) is 13.0 Å². The number of rotatable bonds is 6. The van der Waals surface area contributed by atoms with Crippen LogP contribution in [0, 0.1) is 5.92 Å². The highest BCUT2D eigenvalue weighted by atomic mass is 16.4. The number of carbonyl (C=O) groups is 2. The molecule has 0 heterocycles. The summed E-state index contributed by atoms with van der Waals surface area (Å²) < 4.78 is 0. The van der Waals surface area contributed by atoms with Gasteiger partial charge in [0.05, 0.1) is 0 Å². The minimum Gasteiger partial charge on any atom is -0.481 e. The second kappa shape index (κ2) is 5.70. The largest absolute Gasteiger partial charge is 0.481 e. The monoisotopic (exact) mass is 159 g/mol. The summed E-state index contributed by atoms with van der Waals surface area (Å²) in [6.45, 7) is 2.45. The zero-order valence-corrected chi connectivity index (χ0v) is 6.54. The number of amides is 1. The van der Waals surface area contributed by atoms with Gasteiger partial charge in [-0.2, -0.15) is 0 Å². The molecule has 0 saturated heterocycles. The standard InChI is InChI=1S/C7H13NO3/c1-6(4-8-5-9)2-3-7(10)11/h5-6H,2-4H2,1H3,(H,8,9)(H,10,11). The van der Waals surface area contributed by atoms with Crippen LogP contribution in [0.15, 0.2) is 0 Å². The average Bonchev–Trinajstić information content (AvgIpc) is 1.97. The molecule has 0 bridgehead atoms. The first-order valence-electron chi connectivity index (χ1n) is 3.55. The van der Waals surface area contributed by atoms with Crippen molar-refractivity contribution < 1.29 is 14.7 Å². The van der Waals surface area contributed by atoms with Gasteiger partial charge in [0.1, 0.15) is 0 Å². The van der Waals surface area contributed by atoms with Crippen LogP contribution in [0.2, 0.25) is 0 Å². The second-order valence-corrected chi connectivity index (χ2v) is 2.56. The van der Waals surface area contributed by atoms with Gasteiger partial charge in [-0.05, 0) is 12.3 Å². The molecule has 1 amide bonds. The second-order valence-electron chi connectivity index (χ2n) is 2.56. The minimum absolute atomic E-state index is 0.168. The maximum absolute atomic E-state index is 10.1. The van der Waals surface area contributed by atoms with E-state index in [2.05, 4.69) is 5.32 Å². The zero-order chi connectivity index (χ0) is 8.69. The lowest BCUT2D eigenvalue weighted by molar-refractivity contribution is -0.137. The van der Waals surface area contributed by atoms with Crippen molar-refractivity contribution in [2.45, 2.75) is 19.8 Å². The van der Waals surface area contributed by atoms with Crippen LogP contribution in [-0.2, 0) is 9.59 Å². The topological polar surface area (TPSA) is 66.4 Å². The molecule has 0 saturated carbocycles. The van der Waals surface area contributed by atoms with Crippen molar-refractivity contribution in [2.75, 3.05) is 6.54 Å². The first-order chi connectivity index (χ1) is 5.16. The van der Waals surface area contributed by atoms with Gasteiger partial charge >= 0.3 is 5.97 Å². The number of hydrogen-bond acceptors (Lipinski definition) is 2. The first kappa shape index (κ1) is 9.94. The van der Waals surface area contributed by atoms with Crippen molar-refractivity contribution in [2.24, 2.45) is 5.92 Å². The molecule has 0 aliphatic carbocycles. The Hall–Kier alpha value is -1.06. The van der Waals surface area contributed by atoms with Crippen LogP contribution in [0.1, 0.15) is 19.8 Å². The predicted molar refractivity (Wildman–Crippen MR) is 40.1 cm³/mol. The fourth-order valence-corrected chi connectivity index (χ4v) is 0.721. The van der Waals surface area contributed by atoms with E-state index in [9.17, 15) is 9.59 Å². The number of carboxylic acid groups (broad SMARTS) is 1. The summed E-state index contributed by atoms with van der Waals surface area (Å²) >= 11 is 0. The molecular weight excluding hydrogens is 146 g/mol. The molecule has 0 aliphatic heterocycles. The molecule has 0 aliphatic rings. The quantitative estimate of drug-likeness (QED) is 0.545. The summed E-state index contributed by atoms with van der Waals surface area (Å²) in [6, 6.07) is 0. The summed E-state index contributed by atoms with van der Waals surface area (Å²) in [7, 11) is 0. The predicted octanol–water partition coefficient (Wildman–Crippen LogP) is 0.233. The SMILES string of the molecule is CC(CCC(=O)O)CNC=O. The lowest BCUT2D eigenvalue weighted by Crippen LogP contribution is -2.19. The highest BCUT2D eigenvalue weighted by Crippen LogP contribution is 2.02. The molecule has 64 valence electrons. The Morgan fingerprint density at radius 1 is 1.73 bits per heavy atom. The van der Waals surface area contributed by atoms with Crippen LogP contribution in [0.5, 0.6) is 0 Å². The molecule has 0 aromatic carbocycles. The number of nitrogens with one attached hydrogen (secondary N) is 1. The maximum atomic E-state index is 10.1. The normalized spacial score (nSPS) is 12.1. The van der Waals surface area contributed by atoms with E-state index in [1.165, 1.54) is 0 Å². The van der Waals surface area contributed by atoms with Crippen molar-refractivity contribution >= 4 is 12.4 Å². The number of carboxylic acids is 1. The smallest absolute Gasteiger partial charge is 0.303 e. The molecule has 2 N–H and O–H groups in total. The fourth-order valence-electron chi connectivity index (χ4n) is 0.721. The molecule has 0 radical (unpaired) electrons. The average molecular weight is 159 g/mol. The molecule has 1 atom stereocenters. The van der Waals surface area contributed by atoms with Crippen LogP contribution in [0.3, 0.4) is 0 Å². The van der Waals surface area contributed by atoms with E-state index in [1.54, 1.807) is 0 Å². The van der Waals surface area contributed by atoms with Crippen molar-refractivity contribution in [3.63, 3.8) is 0 Å². The minimum atomic E-state index is -0.789. The van der Waals surface area contributed by atoms with Gasteiger partial charge < -0.3 is 10.4 Å². The van der Waals surface area contributed by atoms with Gasteiger partial charge in [-0.25, -0.2) is 0 Å². The summed E-state index contributed by atoms with van der Waals surface area (Å²) in [6.07, 6.45) is 1.40. The molecule has 4 heteroatoms. The third-order valence-corrected chi connectivity index (χ3v) is 1.40. The Bertz CT molecular complexity index is 136. The molecule has 0 aromatic heterocycles. The van der Waals surface area contributed by atoms with Crippen molar-refractivity contribution in [1.29, 1.82) is 0 Å². The van der Waals surface area contributed by atoms with E-state index in [4.69, 9.17) is 5.11 Å². The Morgan fingerprint density at radius 2 is 2.36 bits per heavy atom. The van der Waals surface area contributed by atoms with Gasteiger partial charge in [-0.15, -0.1) is 0 Å². The third-order valence-electron chi connectivity index (χ3n) is 1.40. The number of aliphatic carboxylic acids is 1. The Kier molecular flexibility index (Phi) is 5.15. The molecule has 0 fully saturated rings. The van der Waals surface area contributed by atoms with Gasteiger partial charge in [-0.1, -0.05) is 6.92 Å². The molecule has 0 spiro atoms. The Labute approximate surface area is 65.6 Å². The molecule has 1 unspecified atom stereocenters. The Balaban J connectivity index is 3.28. The van der Waals surface area contributed by atoms with E-state index in [0.717, 1.165) is 0 Å². The highest BCUT2D eigenvalue weighted by molar-refractivity contribution is 5.66. The molecule has 4 nitrogen and oxygen atoms in total. The fraction of sp³-hybridized carbons (Fsp3) is 0.714. The Morgan fingerprint density at radius 3 is 2.82 bits per heavy atom. The first-order valence-corrected chi connectivity index (χ1v) is 3.55. The van der Waals surface area contributed by atoms with E-state index in [0.29, 0.717) is 19.4 Å². The summed E-state index contributed by atoms with van der Waals surface area (Å²) in [5.41, 5.74) is 0. The number of carbonyl (C=O) groups excluding carboxylic acids is 1. The van der Waals surface area contributed by atoms with Crippen LogP contribution in [0.25, 0.3) is 0 Å². The highest BCUT2D eigenvalue weighted by Gasteiger charge is 2.03. The van der Waals surface area contributed by atoms with Crippen LogP contribution in [-0.4, -0.2) is 24.0 Å². The molecule has 0 rings (SSSR count). The van der Waals surface area contributed by atoms with E-state index >= 15 is 0 Å². The van der Waals surface area contributed by atoms with Gasteiger partial charge in [-0.3, -0.25) is 9.59 Å². The van der Waals surface area contributed by atoms with Crippen molar-refractivity contribution in [3.05, 3.63) is 0 Å². The van der Waals surface area contributed by atoms with Crippen LogP contribution < -0.4 is 5.32 Å². The molecule has 11 heavy (non-hydrogen) atoms. The van der Waals surface area contributed by atoms with Gasteiger partial charge in [0.25, 0.3) is 0 Å². The van der Waals surface area contributed by atoms with Crippen molar-refractivity contribution in [1.82, 2.24) is 5.32 Å². The number of hydrogen-bond donors (Lipinski definition) is 2. The summed E-state index contributed by atoms with van der Waals surface area (Å²) in [5, 5.41) is 10.8. The molecule has 0 aromatic rings. The zero-order valence-electron chi connectivity index (χ0n) is 6.54.